The minimum atomic E-state index is 0.155. The minimum Gasteiger partial charge on any atom is -0.310 e. The maximum Gasteiger partial charge on any atom is 0.0710 e. The Morgan fingerprint density at radius 2 is 1.91 bits per heavy atom. The van der Waals surface area contributed by atoms with Gasteiger partial charge in [0.15, 0.2) is 0 Å². The molecule has 3 rings (SSSR count). The zero-order valence-electron chi connectivity index (χ0n) is 14.5. The van der Waals surface area contributed by atoms with Crippen LogP contribution in [0.15, 0.2) is 30.7 Å². The normalized spacial score (nSPS) is 20.5. The molecule has 23 heavy (non-hydrogen) atoms. The van der Waals surface area contributed by atoms with E-state index in [1.54, 1.807) is 6.20 Å². The first-order chi connectivity index (χ1) is 10.8. The van der Waals surface area contributed by atoms with Crippen LogP contribution in [0.5, 0.6) is 0 Å². The third kappa shape index (κ3) is 3.98. The molecule has 0 saturated carbocycles. The highest BCUT2D eigenvalue weighted by Gasteiger charge is 2.37. The third-order valence-electron chi connectivity index (χ3n) is 4.44. The smallest absolute Gasteiger partial charge is 0.0710 e. The lowest BCUT2D eigenvalue weighted by Crippen LogP contribution is -2.61. The topological polar surface area (TPSA) is 65.6 Å². The maximum absolute atomic E-state index is 4.21. The van der Waals surface area contributed by atoms with Crippen LogP contribution in [-0.4, -0.2) is 32.3 Å². The van der Waals surface area contributed by atoms with Crippen LogP contribution in [0.3, 0.4) is 0 Å². The molecule has 0 atom stereocenters. The van der Waals surface area contributed by atoms with Gasteiger partial charge in [0, 0.05) is 47.2 Å². The second-order valence-electron chi connectivity index (χ2n) is 7.89. The molecule has 0 aromatic carbocycles. The molecule has 124 valence electrons. The summed E-state index contributed by atoms with van der Waals surface area (Å²) in [6.45, 7) is 9.93. The number of aromatic amines is 1. The van der Waals surface area contributed by atoms with Crippen molar-refractivity contribution >= 4 is 0 Å². The monoisotopic (exact) mass is 313 g/mol. The van der Waals surface area contributed by atoms with Crippen LogP contribution < -0.4 is 10.6 Å². The van der Waals surface area contributed by atoms with Crippen LogP contribution in [0.25, 0.3) is 11.3 Å². The molecular formula is C18H27N5. The molecule has 0 radical (unpaired) electrons. The molecule has 1 saturated heterocycles. The summed E-state index contributed by atoms with van der Waals surface area (Å²) >= 11 is 0. The summed E-state index contributed by atoms with van der Waals surface area (Å²) in [5.41, 5.74) is 3.63. The SMILES string of the molecule is CC1(C)CC(NCc2cn[nH]c2-c2cccnc2)CC(C)(C)N1. The molecule has 0 amide bonds. The summed E-state index contributed by atoms with van der Waals surface area (Å²) in [7, 11) is 0. The van der Waals surface area contributed by atoms with Gasteiger partial charge in [0.05, 0.1) is 11.9 Å². The van der Waals surface area contributed by atoms with Crippen LogP contribution in [0, 0.1) is 0 Å². The van der Waals surface area contributed by atoms with Gasteiger partial charge in [-0.2, -0.15) is 5.10 Å². The van der Waals surface area contributed by atoms with E-state index in [-0.39, 0.29) is 11.1 Å². The molecule has 5 heteroatoms. The third-order valence-corrected chi connectivity index (χ3v) is 4.44. The summed E-state index contributed by atoms with van der Waals surface area (Å²) < 4.78 is 0. The number of H-pyrrole nitrogens is 1. The summed E-state index contributed by atoms with van der Waals surface area (Å²) in [6, 6.07) is 4.50. The number of pyridine rings is 1. The molecule has 0 aliphatic carbocycles. The van der Waals surface area contributed by atoms with Crippen LogP contribution in [0.1, 0.15) is 46.1 Å². The molecule has 2 aromatic rings. The van der Waals surface area contributed by atoms with Gasteiger partial charge < -0.3 is 10.6 Å². The van der Waals surface area contributed by atoms with Gasteiger partial charge in [-0.1, -0.05) is 0 Å². The summed E-state index contributed by atoms with van der Waals surface area (Å²) in [4.78, 5) is 4.19. The molecule has 0 spiro atoms. The largest absolute Gasteiger partial charge is 0.310 e. The van der Waals surface area contributed by atoms with E-state index >= 15 is 0 Å². The average Bonchev–Trinajstić information content (AvgIpc) is 2.91. The van der Waals surface area contributed by atoms with Gasteiger partial charge >= 0.3 is 0 Å². The average molecular weight is 313 g/mol. The first-order valence-electron chi connectivity index (χ1n) is 8.30. The lowest BCUT2D eigenvalue weighted by atomic mass is 9.79. The number of hydrogen-bond acceptors (Lipinski definition) is 4. The van der Waals surface area contributed by atoms with E-state index < -0.39 is 0 Å². The molecular weight excluding hydrogens is 286 g/mol. The Bertz CT molecular complexity index is 628. The Kier molecular flexibility index (Phi) is 4.25. The fourth-order valence-corrected chi connectivity index (χ4v) is 3.93. The minimum absolute atomic E-state index is 0.155. The first-order valence-corrected chi connectivity index (χ1v) is 8.30. The van der Waals surface area contributed by atoms with Crippen LogP contribution in [0.2, 0.25) is 0 Å². The van der Waals surface area contributed by atoms with E-state index in [4.69, 9.17) is 0 Å². The van der Waals surface area contributed by atoms with Crippen molar-refractivity contribution in [3.05, 3.63) is 36.3 Å². The second-order valence-corrected chi connectivity index (χ2v) is 7.89. The number of nitrogens with zero attached hydrogens (tertiary/aromatic N) is 2. The van der Waals surface area contributed by atoms with Gasteiger partial charge in [-0.05, 0) is 52.7 Å². The fraction of sp³-hybridized carbons (Fsp3) is 0.556. The number of nitrogens with one attached hydrogen (secondary N) is 3. The van der Waals surface area contributed by atoms with Crippen molar-refractivity contribution in [1.29, 1.82) is 0 Å². The lowest BCUT2D eigenvalue weighted by Gasteiger charge is -2.46. The Morgan fingerprint density at radius 3 is 2.57 bits per heavy atom. The molecule has 1 aliphatic rings. The highest BCUT2D eigenvalue weighted by atomic mass is 15.1. The highest BCUT2D eigenvalue weighted by molar-refractivity contribution is 5.61. The molecule has 3 N–H and O–H groups in total. The van der Waals surface area contributed by atoms with E-state index in [1.165, 1.54) is 5.56 Å². The second kappa shape index (κ2) is 6.06. The van der Waals surface area contributed by atoms with E-state index in [2.05, 4.69) is 59.6 Å². The van der Waals surface area contributed by atoms with Crippen molar-refractivity contribution in [3.8, 4) is 11.3 Å². The Labute approximate surface area is 138 Å². The molecule has 1 fully saturated rings. The number of aromatic nitrogens is 3. The van der Waals surface area contributed by atoms with Gasteiger partial charge in [-0.25, -0.2) is 0 Å². The van der Waals surface area contributed by atoms with Gasteiger partial charge in [-0.3, -0.25) is 10.1 Å². The van der Waals surface area contributed by atoms with E-state index in [0.29, 0.717) is 6.04 Å². The Hall–Kier alpha value is -1.72. The molecule has 2 aromatic heterocycles. The zero-order valence-corrected chi connectivity index (χ0v) is 14.5. The van der Waals surface area contributed by atoms with Crippen molar-refractivity contribution in [2.24, 2.45) is 0 Å². The standard InChI is InChI=1S/C18H27N5/c1-17(2)8-15(9-18(3,4)23-17)20-11-14-12-21-22-16(14)13-6-5-7-19-10-13/h5-7,10,12,15,20,23H,8-9,11H2,1-4H3,(H,21,22). The van der Waals surface area contributed by atoms with Crippen molar-refractivity contribution in [3.63, 3.8) is 0 Å². The maximum atomic E-state index is 4.21. The summed E-state index contributed by atoms with van der Waals surface area (Å²) in [5, 5.41) is 14.8. The van der Waals surface area contributed by atoms with Crippen molar-refractivity contribution < 1.29 is 0 Å². The summed E-state index contributed by atoms with van der Waals surface area (Å²) in [6.07, 6.45) is 7.81. The molecule has 1 aliphatic heterocycles. The Morgan fingerprint density at radius 1 is 1.17 bits per heavy atom. The molecule has 0 unspecified atom stereocenters. The van der Waals surface area contributed by atoms with Crippen molar-refractivity contribution in [2.45, 2.75) is 64.2 Å². The van der Waals surface area contributed by atoms with Crippen LogP contribution in [-0.2, 0) is 6.54 Å². The van der Waals surface area contributed by atoms with Gasteiger partial charge in [-0.15, -0.1) is 0 Å². The molecule has 3 heterocycles. The van der Waals surface area contributed by atoms with Gasteiger partial charge in [0.1, 0.15) is 0 Å². The van der Waals surface area contributed by atoms with Crippen molar-refractivity contribution in [2.75, 3.05) is 0 Å². The number of rotatable bonds is 4. The summed E-state index contributed by atoms with van der Waals surface area (Å²) in [5.74, 6) is 0. The lowest BCUT2D eigenvalue weighted by molar-refractivity contribution is 0.145. The first kappa shape index (κ1) is 16.1. The van der Waals surface area contributed by atoms with Gasteiger partial charge in [0.25, 0.3) is 0 Å². The van der Waals surface area contributed by atoms with Crippen LogP contribution >= 0.6 is 0 Å². The molecule has 0 bridgehead atoms. The molecule has 5 nitrogen and oxygen atoms in total. The van der Waals surface area contributed by atoms with Crippen molar-refractivity contribution in [1.82, 2.24) is 25.8 Å². The quantitative estimate of drug-likeness (QED) is 0.812. The zero-order chi connectivity index (χ0) is 16.5. The fourth-order valence-electron chi connectivity index (χ4n) is 3.93. The Balaban J connectivity index is 1.69. The predicted octanol–water partition coefficient (Wildman–Crippen LogP) is 2.87. The van der Waals surface area contributed by atoms with E-state index in [1.807, 2.05) is 18.5 Å². The number of hydrogen-bond donors (Lipinski definition) is 3. The predicted molar refractivity (Wildman–Crippen MR) is 93.0 cm³/mol. The number of piperidine rings is 1. The van der Waals surface area contributed by atoms with E-state index in [0.717, 1.165) is 30.6 Å². The van der Waals surface area contributed by atoms with Gasteiger partial charge in [0.2, 0.25) is 0 Å². The highest BCUT2D eigenvalue weighted by Crippen LogP contribution is 2.29. The van der Waals surface area contributed by atoms with E-state index in [9.17, 15) is 0 Å². The van der Waals surface area contributed by atoms with Crippen LogP contribution in [0.4, 0.5) is 0 Å².